The third kappa shape index (κ3) is 8.25. The van der Waals surface area contributed by atoms with E-state index in [2.05, 4.69) is 21.9 Å². The molecule has 2 aliphatic rings. The van der Waals surface area contributed by atoms with Gasteiger partial charge in [0.15, 0.2) is 5.69 Å². The minimum atomic E-state index is -0.931. The lowest BCUT2D eigenvalue weighted by Gasteiger charge is -2.37. The van der Waals surface area contributed by atoms with E-state index in [0.29, 0.717) is 57.1 Å². The molecule has 2 atom stereocenters. The van der Waals surface area contributed by atoms with Crippen LogP contribution in [0.2, 0.25) is 10.0 Å². The van der Waals surface area contributed by atoms with Crippen molar-refractivity contribution in [2.24, 2.45) is 0 Å². The molecule has 0 aliphatic carbocycles. The highest BCUT2D eigenvalue weighted by molar-refractivity contribution is 6.42. The fourth-order valence-corrected chi connectivity index (χ4v) is 7.38. The van der Waals surface area contributed by atoms with Gasteiger partial charge in [-0.1, -0.05) is 83.0 Å². The summed E-state index contributed by atoms with van der Waals surface area (Å²) in [5, 5.41) is 19.9. The van der Waals surface area contributed by atoms with Gasteiger partial charge in [-0.25, -0.2) is 0 Å². The number of nitrogens with zero attached hydrogens (tertiary/aromatic N) is 3. The zero-order valence-electron chi connectivity index (χ0n) is 31.1. The van der Waals surface area contributed by atoms with Crippen molar-refractivity contribution < 1.29 is 28.4 Å². The SMILES string of the molecule is Cc1cc(C(=O)N2Cc3cc4c(cc3CC2C(=O)NCCc2ccc(-c3ccc(C#N)cc3)cc2)NC(=O)C(c2ccc(OCc3ccc(Cl)c(Cl)c3)cc2)O4)no1. The maximum atomic E-state index is 13.9. The van der Waals surface area contributed by atoms with Gasteiger partial charge >= 0.3 is 0 Å². The molecule has 0 fully saturated rings. The number of benzene rings is 5. The van der Waals surface area contributed by atoms with E-state index in [1.54, 1.807) is 61.5 Å². The molecule has 11 nitrogen and oxygen atoms in total. The molecule has 290 valence electrons. The molecule has 0 saturated heterocycles. The summed E-state index contributed by atoms with van der Waals surface area (Å²) >= 11 is 12.2. The van der Waals surface area contributed by atoms with Gasteiger partial charge in [-0.05, 0) is 95.3 Å². The van der Waals surface area contributed by atoms with E-state index in [-0.39, 0.29) is 37.1 Å². The minimum Gasteiger partial charge on any atom is -0.489 e. The fraction of sp³-hybridized carbons (Fsp3) is 0.178. The first kappa shape index (κ1) is 38.3. The number of carbonyl (C=O) groups excluding carboxylic acids is 3. The molecule has 0 bridgehead atoms. The third-order valence-electron chi connectivity index (χ3n) is 10.2. The van der Waals surface area contributed by atoms with Crippen LogP contribution < -0.4 is 20.1 Å². The van der Waals surface area contributed by atoms with E-state index in [1.807, 2.05) is 54.6 Å². The Morgan fingerprint density at radius 2 is 1.64 bits per heavy atom. The Bertz CT molecular complexity index is 2570. The first-order chi connectivity index (χ1) is 28.1. The summed E-state index contributed by atoms with van der Waals surface area (Å²) < 4.78 is 17.4. The zero-order chi connectivity index (χ0) is 40.3. The van der Waals surface area contributed by atoms with Gasteiger partial charge in [0.1, 0.15) is 29.9 Å². The molecule has 5 aromatic carbocycles. The number of amides is 3. The highest BCUT2D eigenvalue weighted by Gasteiger charge is 2.38. The number of hydrogen-bond donors (Lipinski definition) is 2. The number of aryl methyl sites for hydroxylation is 1. The Hall–Kier alpha value is -6.61. The van der Waals surface area contributed by atoms with Crippen LogP contribution in [0.5, 0.6) is 11.5 Å². The molecule has 8 rings (SSSR count). The molecule has 1 aromatic heterocycles. The molecule has 0 radical (unpaired) electrons. The summed E-state index contributed by atoms with van der Waals surface area (Å²) in [7, 11) is 0. The van der Waals surface area contributed by atoms with Gasteiger partial charge in [0.05, 0.1) is 27.4 Å². The molecule has 3 heterocycles. The van der Waals surface area contributed by atoms with Gasteiger partial charge in [0.2, 0.25) is 12.0 Å². The summed E-state index contributed by atoms with van der Waals surface area (Å²) in [5.41, 5.74) is 7.32. The van der Waals surface area contributed by atoms with Crippen molar-refractivity contribution in [2.45, 2.75) is 45.1 Å². The molecule has 2 aliphatic heterocycles. The number of halogens is 2. The van der Waals surface area contributed by atoms with Gasteiger partial charge in [-0.2, -0.15) is 5.26 Å². The van der Waals surface area contributed by atoms with E-state index in [4.69, 9.17) is 42.5 Å². The van der Waals surface area contributed by atoms with E-state index in [1.165, 1.54) is 4.90 Å². The summed E-state index contributed by atoms with van der Waals surface area (Å²) in [6.45, 7) is 2.44. The van der Waals surface area contributed by atoms with E-state index < -0.39 is 18.1 Å². The maximum Gasteiger partial charge on any atom is 0.277 e. The van der Waals surface area contributed by atoms with Crippen molar-refractivity contribution in [2.75, 3.05) is 11.9 Å². The predicted octanol–water partition coefficient (Wildman–Crippen LogP) is 8.41. The van der Waals surface area contributed by atoms with E-state index >= 15 is 0 Å². The van der Waals surface area contributed by atoms with Crippen LogP contribution in [0, 0.1) is 18.3 Å². The molecule has 13 heteroatoms. The Labute approximate surface area is 344 Å². The lowest BCUT2D eigenvalue weighted by atomic mass is 9.91. The highest BCUT2D eigenvalue weighted by atomic mass is 35.5. The Balaban J connectivity index is 0.951. The molecular weight excluding hydrogens is 777 g/mol. The van der Waals surface area contributed by atoms with Crippen molar-refractivity contribution in [1.82, 2.24) is 15.4 Å². The lowest BCUT2D eigenvalue weighted by Crippen LogP contribution is -2.53. The van der Waals surface area contributed by atoms with Crippen molar-refractivity contribution in [3.63, 3.8) is 0 Å². The normalized spacial score (nSPS) is 15.6. The van der Waals surface area contributed by atoms with Crippen LogP contribution in [-0.4, -0.2) is 40.4 Å². The van der Waals surface area contributed by atoms with Gasteiger partial charge in [0, 0.05) is 31.1 Å². The smallest absolute Gasteiger partial charge is 0.277 e. The van der Waals surface area contributed by atoms with Gasteiger partial charge in [-0.3, -0.25) is 14.4 Å². The quantitative estimate of drug-likeness (QED) is 0.140. The molecule has 58 heavy (non-hydrogen) atoms. The number of carbonyl (C=O) groups is 3. The predicted molar refractivity (Wildman–Crippen MR) is 218 cm³/mol. The maximum absolute atomic E-state index is 13.9. The topological polar surface area (TPSA) is 147 Å². The molecule has 2 N–H and O–H groups in total. The highest BCUT2D eigenvalue weighted by Crippen LogP contribution is 2.40. The van der Waals surface area contributed by atoms with Crippen molar-refractivity contribution >= 4 is 46.6 Å². The second kappa shape index (κ2) is 16.5. The van der Waals surface area contributed by atoms with E-state index in [0.717, 1.165) is 33.4 Å². The van der Waals surface area contributed by atoms with Gasteiger partial charge in [-0.15, -0.1) is 0 Å². The molecule has 3 amide bonds. The zero-order valence-corrected chi connectivity index (χ0v) is 32.6. The number of nitriles is 1. The van der Waals surface area contributed by atoms with Crippen LogP contribution in [0.3, 0.4) is 0 Å². The number of hydrogen-bond acceptors (Lipinski definition) is 8. The number of aromatic nitrogens is 1. The Kier molecular flexibility index (Phi) is 10.9. The van der Waals surface area contributed by atoms with Crippen molar-refractivity contribution in [1.29, 1.82) is 5.26 Å². The van der Waals surface area contributed by atoms with Crippen LogP contribution in [0.15, 0.2) is 114 Å². The molecule has 2 unspecified atom stereocenters. The standard InChI is InChI=1S/C45H35Cl2N5O6/c1-26-18-39(51-58-26)45(55)52-24-34-22-41-38(50-44(54)42(57-41)32-11-13-35(14-12-32)56-25-29-6-15-36(46)37(47)19-29)20-33(34)21-40(52)43(53)49-17-16-27-2-7-30(8-3-27)31-9-4-28(23-48)5-10-31/h2-15,18-20,22,40,42H,16-17,21,24-25H2,1H3,(H,49,53)(H,50,54). The summed E-state index contributed by atoms with van der Waals surface area (Å²) in [4.78, 5) is 42.6. The number of rotatable bonds is 10. The fourth-order valence-electron chi connectivity index (χ4n) is 7.06. The number of anilines is 1. The number of nitrogens with one attached hydrogen (secondary N) is 2. The average Bonchev–Trinajstić information content (AvgIpc) is 3.69. The average molecular weight is 813 g/mol. The molecule has 6 aromatic rings. The monoisotopic (exact) mass is 811 g/mol. The molecule has 0 saturated carbocycles. The largest absolute Gasteiger partial charge is 0.489 e. The van der Waals surface area contributed by atoms with Gasteiger partial charge in [0.25, 0.3) is 11.8 Å². The van der Waals surface area contributed by atoms with Crippen molar-refractivity contribution in [3.8, 4) is 28.7 Å². The molecule has 0 spiro atoms. The summed E-state index contributed by atoms with van der Waals surface area (Å²) in [5.74, 6) is 0.428. The second-order valence-corrected chi connectivity index (χ2v) is 14.9. The van der Waals surface area contributed by atoms with Crippen LogP contribution in [-0.2, 0) is 35.6 Å². The first-order valence-corrected chi connectivity index (χ1v) is 19.3. The van der Waals surface area contributed by atoms with Crippen LogP contribution in [0.4, 0.5) is 5.69 Å². The Morgan fingerprint density at radius 3 is 2.33 bits per heavy atom. The summed E-state index contributed by atoms with van der Waals surface area (Å²) in [6.07, 6.45) is -0.148. The number of ether oxygens (including phenoxy) is 2. The third-order valence-corrected chi connectivity index (χ3v) is 10.9. The second-order valence-electron chi connectivity index (χ2n) is 14.1. The van der Waals surface area contributed by atoms with Crippen molar-refractivity contribution in [3.05, 3.63) is 164 Å². The first-order valence-electron chi connectivity index (χ1n) is 18.5. The summed E-state index contributed by atoms with van der Waals surface area (Å²) in [6, 6.07) is 34.3. The van der Waals surface area contributed by atoms with Crippen LogP contribution in [0.25, 0.3) is 11.1 Å². The van der Waals surface area contributed by atoms with E-state index in [9.17, 15) is 14.4 Å². The van der Waals surface area contributed by atoms with Crippen LogP contribution >= 0.6 is 23.2 Å². The number of fused-ring (bicyclic) bond motifs is 2. The molecular formula is C45H35Cl2N5O6. The lowest BCUT2D eigenvalue weighted by molar-refractivity contribution is -0.126. The Morgan fingerprint density at radius 1 is 0.914 bits per heavy atom. The minimum absolute atomic E-state index is 0.104. The van der Waals surface area contributed by atoms with Gasteiger partial charge < -0.3 is 29.5 Å². The van der Waals surface area contributed by atoms with Crippen LogP contribution in [0.1, 0.15) is 55.7 Å².